The Hall–Kier alpha value is -3.23. The van der Waals surface area contributed by atoms with Crippen molar-refractivity contribution in [3.05, 3.63) is 58.3 Å². The molecule has 1 saturated heterocycles. The smallest absolute Gasteiger partial charge is 0.306 e. The molecule has 2 heterocycles. The number of anilines is 1. The van der Waals surface area contributed by atoms with Gasteiger partial charge in [-0.1, -0.05) is 0 Å². The maximum absolute atomic E-state index is 13.4. The van der Waals surface area contributed by atoms with Crippen molar-refractivity contribution in [1.29, 1.82) is 0 Å². The lowest BCUT2D eigenvalue weighted by Gasteiger charge is -2.16. The second-order valence-corrected chi connectivity index (χ2v) is 5.65. The number of nitrogens with one attached hydrogen (secondary N) is 1. The van der Waals surface area contributed by atoms with Crippen LogP contribution in [0.25, 0.3) is 0 Å². The zero-order chi connectivity index (χ0) is 18.0. The van der Waals surface area contributed by atoms with Crippen LogP contribution in [0.5, 0.6) is 0 Å². The van der Waals surface area contributed by atoms with Gasteiger partial charge in [0.1, 0.15) is 0 Å². The van der Waals surface area contributed by atoms with Gasteiger partial charge in [-0.2, -0.15) is 4.39 Å². The number of nitro groups is 1. The highest BCUT2D eigenvalue weighted by molar-refractivity contribution is 6.00. The minimum Gasteiger partial charge on any atom is -0.472 e. The molecule has 1 aromatic carbocycles. The van der Waals surface area contributed by atoms with E-state index in [-0.39, 0.29) is 37.0 Å². The third-order valence-corrected chi connectivity index (χ3v) is 3.98. The lowest BCUT2D eigenvalue weighted by molar-refractivity contribution is -0.387. The predicted molar refractivity (Wildman–Crippen MR) is 84.1 cm³/mol. The summed E-state index contributed by atoms with van der Waals surface area (Å²) in [5, 5.41) is 13.5. The minimum absolute atomic E-state index is 0.0115. The Labute approximate surface area is 141 Å². The molecule has 0 bridgehead atoms. The Morgan fingerprint density at radius 2 is 2.24 bits per heavy atom. The molecule has 1 aliphatic rings. The number of carbonyl (C=O) groups is 2. The van der Waals surface area contributed by atoms with E-state index in [1.807, 2.05) is 0 Å². The molecule has 1 N–H and O–H groups in total. The summed E-state index contributed by atoms with van der Waals surface area (Å²) >= 11 is 0. The SMILES string of the molecule is O=C(NCc1ccoc1)[C@H]1CC(=O)N(c2ccc(F)c([N+](=O)[O-])c2)C1. The molecule has 2 aromatic rings. The molecule has 0 radical (unpaired) electrons. The van der Waals surface area contributed by atoms with Crippen LogP contribution in [-0.2, 0) is 16.1 Å². The average molecular weight is 347 g/mol. The molecule has 1 atom stereocenters. The van der Waals surface area contributed by atoms with E-state index in [1.54, 1.807) is 6.07 Å². The van der Waals surface area contributed by atoms with Gasteiger partial charge in [0, 0.05) is 31.1 Å². The molecular formula is C16H14FN3O5. The summed E-state index contributed by atoms with van der Waals surface area (Å²) in [6.07, 6.45) is 2.98. The van der Waals surface area contributed by atoms with Gasteiger partial charge in [-0.3, -0.25) is 19.7 Å². The number of benzene rings is 1. The van der Waals surface area contributed by atoms with Gasteiger partial charge in [-0.15, -0.1) is 0 Å². The largest absolute Gasteiger partial charge is 0.472 e. The van der Waals surface area contributed by atoms with Crippen molar-refractivity contribution in [3.8, 4) is 0 Å². The zero-order valence-corrected chi connectivity index (χ0v) is 13.0. The van der Waals surface area contributed by atoms with Gasteiger partial charge in [0.25, 0.3) is 0 Å². The number of nitro benzene ring substituents is 1. The molecule has 2 amide bonds. The standard InChI is InChI=1S/C16H14FN3O5/c17-13-2-1-12(6-14(13)20(23)24)19-8-11(5-15(19)21)16(22)18-7-10-3-4-25-9-10/h1-4,6,9,11H,5,7-8H2,(H,18,22)/t11-/m0/s1. The second kappa shape index (κ2) is 6.71. The number of amides is 2. The fourth-order valence-electron chi connectivity index (χ4n) is 2.67. The first-order chi connectivity index (χ1) is 12.0. The van der Waals surface area contributed by atoms with Crippen LogP contribution in [0, 0.1) is 21.8 Å². The summed E-state index contributed by atoms with van der Waals surface area (Å²) in [5.74, 6) is -2.20. The van der Waals surface area contributed by atoms with Crippen LogP contribution in [0.4, 0.5) is 15.8 Å². The Bertz CT molecular complexity index is 821. The lowest BCUT2D eigenvalue weighted by atomic mass is 10.1. The first-order valence-corrected chi connectivity index (χ1v) is 7.49. The highest BCUT2D eigenvalue weighted by Gasteiger charge is 2.35. The summed E-state index contributed by atoms with van der Waals surface area (Å²) in [5.41, 5.74) is 0.282. The first kappa shape index (κ1) is 16.6. The van der Waals surface area contributed by atoms with Gasteiger partial charge in [-0.05, 0) is 18.2 Å². The van der Waals surface area contributed by atoms with E-state index in [2.05, 4.69) is 5.32 Å². The summed E-state index contributed by atoms with van der Waals surface area (Å²) in [4.78, 5) is 35.6. The highest BCUT2D eigenvalue weighted by Crippen LogP contribution is 2.29. The second-order valence-electron chi connectivity index (χ2n) is 5.65. The molecule has 3 rings (SSSR count). The van der Waals surface area contributed by atoms with Crippen molar-refractivity contribution in [2.45, 2.75) is 13.0 Å². The van der Waals surface area contributed by atoms with Crippen molar-refractivity contribution in [3.63, 3.8) is 0 Å². The van der Waals surface area contributed by atoms with Gasteiger partial charge in [0.15, 0.2) is 0 Å². The van der Waals surface area contributed by atoms with Crippen molar-refractivity contribution >= 4 is 23.2 Å². The third-order valence-electron chi connectivity index (χ3n) is 3.98. The molecule has 0 aliphatic carbocycles. The molecule has 130 valence electrons. The Balaban J connectivity index is 1.69. The quantitative estimate of drug-likeness (QED) is 0.658. The van der Waals surface area contributed by atoms with Gasteiger partial charge in [0.05, 0.1) is 29.1 Å². The fraction of sp³-hybridized carbons (Fsp3) is 0.250. The van der Waals surface area contributed by atoms with Crippen molar-refractivity contribution < 1.29 is 23.3 Å². The summed E-state index contributed by atoms with van der Waals surface area (Å²) in [6.45, 7) is 0.362. The van der Waals surface area contributed by atoms with Gasteiger partial charge >= 0.3 is 5.69 Å². The number of nitrogens with zero attached hydrogens (tertiary/aromatic N) is 2. The van der Waals surface area contributed by atoms with E-state index in [9.17, 15) is 24.1 Å². The molecule has 1 fully saturated rings. The number of halogens is 1. The molecular weight excluding hydrogens is 333 g/mol. The minimum atomic E-state index is -0.977. The van der Waals surface area contributed by atoms with E-state index in [0.29, 0.717) is 0 Å². The maximum Gasteiger partial charge on any atom is 0.306 e. The highest BCUT2D eigenvalue weighted by atomic mass is 19.1. The summed E-state index contributed by atoms with van der Waals surface area (Å²) in [6, 6.07) is 4.93. The van der Waals surface area contributed by atoms with E-state index in [4.69, 9.17) is 4.42 Å². The van der Waals surface area contributed by atoms with Crippen molar-refractivity contribution in [1.82, 2.24) is 5.32 Å². The molecule has 0 saturated carbocycles. The van der Waals surface area contributed by atoms with E-state index < -0.39 is 22.3 Å². The van der Waals surface area contributed by atoms with Crippen LogP contribution in [0.1, 0.15) is 12.0 Å². The Kier molecular flexibility index (Phi) is 4.46. The van der Waals surface area contributed by atoms with Gasteiger partial charge in [0.2, 0.25) is 17.6 Å². The Morgan fingerprint density at radius 1 is 1.44 bits per heavy atom. The predicted octanol–water partition coefficient (Wildman–Crippen LogP) is 2.00. The molecule has 9 heteroatoms. The van der Waals surface area contributed by atoms with Crippen molar-refractivity contribution in [2.75, 3.05) is 11.4 Å². The molecule has 1 aliphatic heterocycles. The van der Waals surface area contributed by atoms with Gasteiger partial charge < -0.3 is 14.6 Å². The molecule has 8 nitrogen and oxygen atoms in total. The lowest BCUT2D eigenvalue weighted by Crippen LogP contribution is -2.32. The van der Waals surface area contributed by atoms with Gasteiger partial charge in [-0.25, -0.2) is 0 Å². The monoisotopic (exact) mass is 347 g/mol. The van der Waals surface area contributed by atoms with Crippen LogP contribution in [0.3, 0.4) is 0 Å². The van der Waals surface area contributed by atoms with Crippen LogP contribution in [0.2, 0.25) is 0 Å². The first-order valence-electron chi connectivity index (χ1n) is 7.49. The topological polar surface area (TPSA) is 106 Å². The average Bonchev–Trinajstić information content (AvgIpc) is 3.22. The molecule has 0 unspecified atom stereocenters. The van der Waals surface area contributed by atoms with E-state index in [1.165, 1.54) is 23.5 Å². The third kappa shape index (κ3) is 3.49. The molecule has 0 spiro atoms. The Morgan fingerprint density at radius 3 is 2.92 bits per heavy atom. The molecule has 25 heavy (non-hydrogen) atoms. The number of rotatable bonds is 5. The summed E-state index contributed by atoms with van der Waals surface area (Å²) in [7, 11) is 0. The summed E-state index contributed by atoms with van der Waals surface area (Å²) < 4.78 is 18.3. The van der Waals surface area contributed by atoms with Crippen molar-refractivity contribution in [2.24, 2.45) is 5.92 Å². The van der Waals surface area contributed by atoms with E-state index in [0.717, 1.165) is 17.7 Å². The molecule has 1 aromatic heterocycles. The van der Waals surface area contributed by atoms with Crippen LogP contribution >= 0.6 is 0 Å². The maximum atomic E-state index is 13.4. The number of furan rings is 1. The zero-order valence-electron chi connectivity index (χ0n) is 13.0. The fourth-order valence-corrected chi connectivity index (χ4v) is 2.67. The number of hydrogen-bond acceptors (Lipinski definition) is 5. The number of carbonyl (C=O) groups excluding carboxylic acids is 2. The number of hydrogen-bond donors (Lipinski definition) is 1. The van der Waals surface area contributed by atoms with Crippen LogP contribution in [-0.4, -0.2) is 23.3 Å². The van der Waals surface area contributed by atoms with Crippen LogP contribution < -0.4 is 10.2 Å². The normalized spacial score (nSPS) is 16.9. The van der Waals surface area contributed by atoms with E-state index >= 15 is 0 Å². The van der Waals surface area contributed by atoms with Crippen LogP contribution in [0.15, 0.2) is 41.2 Å².